The summed E-state index contributed by atoms with van der Waals surface area (Å²) in [5.41, 5.74) is 2.48. The molecule has 0 aliphatic carbocycles. The number of carbonyl (C=O) groups excluding carboxylic acids is 1. The number of nitrogens with one attached hydrogen (secondary N) is 2. The van der Waals surface area contributed by atoms with Crippen molar-refractivity contribution in [2.24, 2.45) is 0 Å². The summed E-state index contributed by atoms with van der Waals surface area (Å²) >= 11 is 0. The first-order valence-electron chi connectivity index (χ1n) is 6.81. The summed E-state index contributed by atoms with van der Waals surface area (Å²) in [5.74, 6) is -0.111. The molecule has 1 amide bonds. The van der Waals surface area contributed by atoms with Gasteiger partial charge in [0.15, 0.2) is 0 Å². The topological polar surface area (TPSA) is 54.0 Å². The van der Waals surface area contributed by atoms with Crippen LogP contribution in [-0.2, 0) is 6.54 Å². The molecular weight excluding hydrogens is 250 g/mol. The molecule has 0 atom stereocenters. The second kappa shape index (κ2) is 7.28. The highest BCUT2D eigenvalue weighted by molar-refractivity contribution is 5.99. The molecule has 2 aromatic rings. The fourth-order valence-electron chi connectivity index (χ4n) is 1.86. The zero-order valence-corrected chi connectivity index (χ0v) is 11.6. The van der Waals surface area contributed by atoms with E-state index < -0.39 is 0 Å². The van der Waals surface area contributed by atoms with Crippen LogP contribution in [0.4, 0.5) is 5.69 Å². The Bertz CT molecular complexity index is 555. The number of amides is 1. The zero-order chi connectivity index (χ0) is 14.2. The van der Waals surface area contributed by atoms with Crippen LogP contribution < -0.4 is 10.6 Å². The van der Waals surface area contributed by atoms with Gasteiger partial charge in [0.05, 0.1) is 11.3 Å². The molecule has 0 aliphatic rings. The smallest absolute Gasteiger partial charge is 0.255 e. The minimum absolute atomic E-state index is 0.111. The highest BCUT2D eigenvalue weighted by Gasteiger charge is 2.10. The minimum atomic E-state index is -0.111. The lowest BCUT2D eigenvalue weighted by Crippen LogP contribution is -2.24. The molecule has 2 rings (SSSR count). The molecule has 1 heterocycles. The second-order valence-electron chi connectivity index (χ2n) is 4.52. The van der Waals surface area contributed by atoms with Crippen molar-refractivity contribution in [2.45, 2.75) is 19.9 Å². The SMILES string of the molecule is CCCNc1ccncc1C(=O)NCc1ccccc1. The summed E-state index contributed by atoms with van der Waals surface area (Å²) in [5, 5.41) is 6.15. The van der Waals surface area contributed by atoms with Gasteiger partial charge in [0, 0.05) is 25.5 Å². The monoisotopic (exact) mass is 269 g/mol. The molecule has 0 spiro atoms. The Labute approximate surface area is 119 Å². The molecule has 4 heteroatoms. The standard InChI is InChI=1S/C16H19N3O/c1-2-9-18-15-8-10-17-12-14(15)16(20)19-11-13-6-4-3-5-7-13/h3-8,10,12H,2,9,11H2,1H3,(H,17,18)(H,19,20). The molecule has 0 saturated heterocycles. The average molecular weight is 269 g/mol. The number of pyridine rings is 1. The lowest BCUT2D eigenvalue weighted by Gasteiger charge is -2.11. The fourth-order valence-corrected chi connectivity index (χ4v) is 1.86. The first-order valence-corrected chi connectivity index (χ1v) is 6.81. The zero-order valence-electron chi connectivity index (χ0n) is 11.6. The Hall–Kier alpha value is -2.36. The Morgan fingerprint density at radius 1 is 1.20 bits per heavy atom. The van der Waals surface area contributed by atoms with Gasteiger partial charge in [0.25, 0.3) is 5.91 Å². The van der Waals surface area contributed by atoms with Crippen LogP contribution in [-0.4, -0.2) is 17.4 Å². The van der Waals surface area contributed by atoms with Crippen molar-refractivity contribution < 1.29 is 4.79 Å². The third-order valence-corrected chi connectivity index (χ3v) is 2.93. The summed E-state index contributed by atoms with van der Waals surface area (Å²) in [6.45, 7) is 3.44. The van der Waals surface area contributed by atoms with Gasteiger partial charge in [0.1, 0.15) is 0 Å². The molecule has 1 aromatic heterocycles. The van der Waals surface area contributed by atoms with Gasteiger partial charge in [-0.3, -0.25) is 9.78 Å². The van der Waals surface area contributed by atoms with Crippen molar-refractivity contribution in [3.8, 4) is 0 Å². The fraction of sp³-hybridized carbons (Fsp3) is 0.250. The molecule has 2 N–H and O–H groups in total. The van der Waals surface area contributed by atoms with E-state index in [1.807, 2.05) is 36.4 Å². The van der Waals surface area contributed by atoms with Gasteiger partial charge in [-0.2, -0.15) is 0 Å². The van der Waals surface area contributed by atoms with Gasteiger partial charge >= 0.3 is 0 Å². The van der Waals surface area contributed by atoms with E-state index in [1.54, 1.807) is 12.4 Å². The summed E-state index contributed by atoms with van der Waals surface area (Å²) < 4.78 is 0. The predicted molar refractivity (Wildman–Crippen MR) is 80.6 cm³/mol. The largest absolute Gasteiger partial charge is 0.384 e. The highest BCUT2D eigenvalue weighted by atomic mass is 16.1. The van der Waals surface area contributed by atoms with Crippen molar-refractivity contribution in [1.82, 2.24) is 10.3 Å². The van der Waals surface area contributed by atoms with Crippen molar-refractivity contribution in [1.29, 1.82) is 0 Å². The number of benzene rings is 1. The molecule has 1 aromatic carbocycles. The van der Waals surface area contributed by atoms with Gasteiger partial charge in [-0.15, -0.1) is 0 Å². The number of hydrogen-bond donors (Lipinski definition) is 2. The molecule has 20 heavy (non-hydrogen) atoms. The maximum Gasteiger partial charge on any atom is 0.255 e. The Morgan fingerprint density at radius 2 is 2.00 bits per heavy atom. The number of aromatic nitrogens is 1. The van der Waals surface area contributed by atoms with E-state index in [0.717, 1.165) is 24.2 Å². The van der Waals surface area contributed by atoms with Crippen molar-refractivity contribution in [2.75, 3.05) is 11.9 Å². The number of carbonyl (C=O) groups is 1. The second-order valence-corrected chi connectivity index (χ2v) is 4.52. The molecule has 0 radical (unpaired) electrons. The maximum absolute atomic E-state index is 12.2. The normalized spacial score (nSPS) is 10.1. The van der Waals surface area contributed by atoms with Gasteiger partial charge in [-0.1, -0.05) is 37.3 Å². The molecule has 0 saturated carbocycles. The Balaban J connectivity index is 2.01. The van der Waals surface area contributed by atoms with E-state index >= 15 is 0 Å². The van der Waals surface area contributed by atoms with Crippen LogP contribution in [0.1, 0.15) is 29.3 Å². The van der Waals surface area contributed by atoms with Crippen molar-refractivity contribution in [3.63, 3.8) is 0 Å². The van der Waals surface area contributed by atoms with Gasteiger partial charge in [-0.05, 0) is 18.1 Å². The maximum atomic E-state index is 12.2. The van der Waals surface area contributed by atoms with Crippen LogP contribution in [0.3, 0.4) is 0 Å². The van der Waals surface area contributed by atoms with Gasteiger partial charge < -0.3 is 10.6 Å². The van der Waals surface area contributed by atoms with Gasteiger partial charge in [0.2, 0.25) is 0 Å². The number of rotatable bonds is 6. The third kappa shape index (κ3) is 3.82. The molecule has 0 aliphatic heterocycles. The first-order chi connectivity index (χ1) is 9.81. The Kier molecular flexibility index (Phi) is 5.12. The van der Waals surface area contributed by atoms with E-state index in [0.29, 0.717) is 12.1 Å². The molecule has 104 valence electrons. The summed E-state index contributed by atoms with van der Waals surface area (Å²) in [6, 6.07) is 11.7. The van der Waals surface area contributed by atoms with E-state index in [2.05, 4.69) is 22.5 Å². The van der Waals surface area contributed by atoms with E-state index in [1.165, 1.54) is 0 Å². The molecule has 0 fully saturated rings. The number of anilines is 1. The molecular formula is C16H19N3O. The lowest BCUT2D eigenvalue weighted by atomic mass is 10.2. The van der Waals surface area contributed by atoms with Crippen LogP contribution in [0.15, 0.2) is 48.8 Å². The number of hydrogen-bond acceptors (Lipinski definition) is 3. The molecule has 0 bridgehead atoms. The van der Waals surface area contributed by atoms with Crippen LogP contribution >= 0.6 is 0 Å². The summed E-state index contributed by atoms with van der Waals surface area (Å²) in [6.07, 6.45) is 4.29. The quantitative estimate of drug-likeness (QED) is 0.848. The van der Waals surface area contributed by atoms with Crippen LogP contribution in [0.25, 0.3) is 0 Å². The van der Waals surface area contributed by atoms with Crippen LogP contribution in [0, 0.1) is 0 Å². The van der Waals surface area contributed by atoms with Crippen LogP contribution in [0.5, 0.6) is 0 Å². The van der Waals surface area contributed by atoms with Crippen molar-refractivity contribution >= 4 is 11.6 Å². The van der Waals surface area contributed by atoms with Crippen molar-refractivity contribution in [3.05, 3.63) is 59.9 Å². The average Bonchev–Trinajstić information content (AvgIpc) is 2.52. The third-order valence-electron chi connectivity index (χ3n) is 2.93. The summed E-state index contributed by atoms with van der Waals surface area (Å²) in [4.78, 5) is 16.2. The minimum Gasteiger partial charge on any atom is -0.384 e. The highest BCUT2D eigenvalue weighted by Crippen LogP contribution is 2.13. The van der Waals surface area contributed by atoms with E-state index in [9.17, 15) is 4.79 Å². The van der Waals surface area contributed by atoms with Crippen LogP contribution in [0.2, 0.25) is 0 Å². The van der Waals surface area contributed by atoms with Gasteiger partial charge in [-0.25, -0.2) is 0 Å². The molecule has 0 unspecified atom stereocenters. The molecule has 4 nitrogen and oxygen atoms in total. The van der Waals surface area contributed by atoms with E-state index in [-0.39, 0.29) is 5.91 Å². The number of nitrogens with zero attached hydrogens (tertiary/aromatic N) is 1. The lowest BCUT2D eigenvalue weighted by molar-refractivity contribution is 0.0951. The summed E-state index contributed by atoms with van der Waals surface area (Å²) in [7, 11) is 0. The Morgan fingerprint density at radius 3 is 2.75 bits per heavy atom. The van der Waals surface area contributed by atoms with E-state index in [4.69, 9.17) is 0 Å². The predicted octanol–water partition coefficient (Wildman–Crippen LogP) is 2.83. The first kappa shape index (κ1) is 14.1.